The number of hydrogen-bond donors (Lipinski definition) is 1. The van der Waals surface area contributed by atoms with E-state index in [-0.39, 0.29) is 27.1 Å². The predicted octanol–water partition coefficient (Wildman–Crippen LogP) is 3.84. The van der Waals surface area contributed by atoms with Crippen LogP contribution in [-0.2, 0) is 4.79 Å². The first-order valence-corrected chi connectivity index (χ1v) is 9.39. The van der Waals surface area contributed by atoms with Gasteiger partial charge in [0.25, 0.3) is 11.8 Å². The van der Waals surface area contributed by atoms with Crippen LogP contribution in [0.3, 0.4) is 0 Å². The van der Waals surface area contributed by atoms with Gasteiger partial charge in [0.15, 0.2) is 0 Å². The minimum Gasteiger partial charge on any atom is -0.309 e. The Morgan fingerprint density at radius 2 is 1.54 bits per heavy atom. The Balaban J connectivity index is 1.85. The summed E-state index contributed by atoms with van der Waals surface area (Å²) in [5.74, 6) is -0.743. The highest BCUT2D eigenvalue weighted by molar-refractivity contribution is 6.43. The quantitative estimate of drug-likeness (QED) is 0.758. The standard InChI is InChI=1S/C19H18Cl2N4O3/c1-8(2)16-22-9(3)5-15(23-16)24-17(26)10(4)25-18(27)11-6-13(20)14(21)7-12(11)19(25)28/h5-8,10H,1-4H3,(H,22,23,24,26). The van der Waals surface area contributed by atoms with E-state index in [0.717, 1.165) is 4.90 Å². The first-order chi connectivity index (χ1) is 13.1. The van der Waals surface area contributed by atoms with Crippen LogP contribution in [0.5, 0.6) is 0 Å². The Labute approximate surface area is 172 Å². The molecule has 0 fully saturated rings. The van der Waals surface area contributed by atoms with Gasteiger partial charge in [-0.15, -0.1) is 0 Å². The zero-order chi connectivity index (χ0) is 20.7. The van der Waals surface area contributed by atoms with Crippen molar-refractivity contribution in [2.45, 2.75) is 39.7 Å². The van der Waals surface area contributed by atoms with Crippen molar-refractivity contribution in [1.29, 1.82) is 0 Å². The molecule has 1 aliphatic heterocycles. The van der Waals surface area contributed by atoms with Crippen molar-refractivity contribution < 1.29 is 14.4 Å². The lowest BCUT2D eigenvalue weighted by Gasteiger charge is -2.21. The molecule has 0 saturated carbocycles. The number of amides is 3. The van der Waals surface area contributed by atoms with Crippen molar-refractivity contribution in [1.82, 2.24) is 14.9 Å². The summed E-state index contributed by atoms with van der Waals surface area (Å²) < 4.78 is 0. The summed E-state index contributed by atoms with van der Waals surface area (Å²) in [7, 11) is 0. The largest absolute Gasteiger partial charge is 0.309 e. The minimum atomic E-state index is -1.05. The number of carbonyl (C=O) groups excluding carboxylic acids is 3. The molecule has 0 radical (unpaired) electrons. The molecule has 9 heteroatoms. The molecule has 3 amide bonds. The number of halogens is 2. The molecule has 7 nitrogen and oxygen atoms in total. The van der Waals surface area contributed by atoms with Crippen LogP contribution in [0.1, 0.15) is 58.9 Å². The number of hydrogen-bond acceptors (Lipinski definition) is 5. The van der Waals surface area contributed by atoms with Crippen molar-refractivity contribution >= 4 is 46.7 Å². The third kappa shape index (κ3) is 3.59. The third-order valence-corrected chi connectivity index (χ3v) is 5.09. The number of fused-ring (bicyclic) bond motifs is 1. The molecule has 146 valence electrons. The van der Waals surface area contributed by atoms with Crippen LogP contribution >= 0.6 is 23.2 Å². The van der Waals surface area contributed by atoms with Crippen LogP contribution in [-0.4, -0.2) is 38.6 Å². The zero-order valence-corrected chi connectivity index (χ0v) is 17.2. The van der Waals surface area contributed by atoms with Gasteiger partial charge in [0.1, 0.15) is 17.7 Å². The number of benzene rings is 1. The molecule has 2 heterocycles. The molecule has 1 aliphatic rings. The van der Waals surface area contributed by atoms with E-state index >= 15 is 0 Å². The highest BCUT2D eigenvalue weighted by Gasteiger charge is 2.41. The summed E-state index contributed by atoms with van der Waals surface area (Å²) in [6, 6.07) is 3.25. The maximum atomic E-state index is 12.7. The van der Waals surface area contributed by atoms with E-state index in [2.05, 4.69) is 15.3 Å². The monoisotopic (exact) mass is 420 g/mol. The predicted molar refractivity (Wildman–Crippen MR) is 106 cm³/mol. The second-order valence-corrected chi connectivity index (χ2v) is 7.68. The Hall–Kier alpha value is -2.51. The summed E-state index contributed by atoms with van der Waals surface area (Å²) in [6.07, 6.45) is 0. The molecule has 0 saturated heterocycles. The van der Waals surface area contributed by atoms with Crippen molar-refractivity contribution in [3.63, 3.8) is 0 Å². The molecular weight excluding hydrogens is 403 g/mol. The summed E-state index contributed by atoms with van der Waals surface area (Å²) in [6.45, 7) is 7.15. The maximum Gasteiger partial charge on any atom is 0.262 e. The van der Waals surface area contributed by atoms with Crippen molar-refractivity contribution in [2.75, 3.05) is 5.32 Å². The molecule has 3 rings (SSSR count). The maximum absolute atomic E-state index is 12.7. The molecule has 1 atom stereocenters. The molecular formula is C19H18Cl2N4O3. The number of aryl methyl sites for hydroxylation is 1. The summed E-state index contributed by atoms with van der Waals surface area (Å²) >= 11 is 11.9. The zero-order valence-electron chi connectivity index (χ0n) is 15.7. The highest BCUT2D eigenvalue weighted by atomic mass is 35.5. The number of nitrogens with zero attached hydrogens (tertiary/aromatic N) is 3. The van der Waals surface area contributed by atoms with Crippen LogP contribution in [0.4, 0.5) is 5.82 Å². The fourth-order valence-electron chi connectivity index (χ4n) is 2.87. The lowest BCUT2D eigenvalue weighted by molar-refractivity contribution is -0.119. The number of nitrogens with one attached hydrogen (secondary N) is 1. The Kier molecular flexibility index (Phi) is 5.41. The van der Waals surface area contributed by atoms with Crippen LogP contribution in [0.25, 0.3) is 0 Å². The van der Waals surface area contributed by atoms with E-state index in [4.69, 9.17) is 23.2 Å². The van der Waals surface area contributed by atoms with Gasteiger partial charge in [0.05, 0.1) is 21.2 Å². The molecule has 2 aromatic rings. The van der Waals surface area contributed by atoms with E-state index in [1.54, 1.807) is 13.0 Å². The van der Waals surface area contributed by atoms with Gasteiger partial charge in [-0.1, -0.05) is 37.0 Å². The number of carbonyl (C=O) groups is 3. The fraction of sp³-hybridized carbons (Fsp3) is 0.316. The average molecular weight is 421 g/mol. The lowest BCUT2D eigenvalue weighted by atomic mass is 10.1. The van der Waals surface area contributed by atoms with Gasteiger partial charge >= 0.3 is 0 Å². The van der Waals surface area contributed by atoms with Crippen molar-refractivity contribution in [3.05, 3.63) is 50.9 Å². The molecule has 28 heavy (non-hydrogen) atoms. The molecule has 1 N–H and O–H groups in total. The third-order valence-electron chi connectivity index (χ3n) is 4.36. The second kappa shape index (κ2) is 7.48. The molecule has 1 aromatic carbocycles. The first-order valence-electron chi connectivity index (χ1n) is 8.63. The second-order valence-electron chi connectivity index (χ2n) is 6.86. The van der Waals surface area contributed by atoms with Gasteiger partial charge < -0.3 is 5.32 Å². The van der Waals surface area contributed by atoms with Crippen molar-refractivity contribution in [3.8, 4) is 0 Å². The summed E-state index contributed by atoms with van der Waals surface area (Å²) in [5, 5.41) is 2.99. The van der Waals surface area contributed by atoms with Gasteiger partial charge in [-0.2, -0.15) is 0 Å². The highest BCUT2D eigenvalue weighted by Crippen LogP contribution is 2.32. The smallest absolute Gasteiger partial charge is 0.262 e. The molecule has 0 bridgehead atoms. The summed E-state index contributed by atoms with van der Waals surface area (Å²) in [4.78, 5) is 47.6. The molecule has 0 aliphatic carbocycles. The molecule has 0 spiro atoms. The average Bonchev–Trinajstić information content (AvgIpc) is 2.84. The van der Waals surface area contributed by atoms with E-state index < -0.39 is 23.8 Å². The number of imide groups is 1. The van der Waals surface area contributed by atoms with E-state index in [1.807, 2.05) is 13.8 Å². The minimum absolute atomic E-state index is 0.0821. The number of aromatic nitrogens is 2. The molecule has 1 unspecified atom stereocenters. The fourth-order valence-corrected chi connectivity index (χ4v) is 3.19. The Morgan fingerprint density at radius 1 is 1.00 bits per heavy atom. The topological polar surface area (TPSA) is 92.3 Å². The van der Waals surface area contributed by atoms with E-state index in [1.165, 1.54) is 19.1 Å². The van der Waals surface area contributed by atoms with Gasteiger partial charge in [-0.05, 0) is 26.0 Å². The van der Waals surface area contributed by atoms with Gasteiger partial charge in [0, 0.05) is 17.7 Å². The van der Waals surface area contributed by atoms with E-state index in [9.17, 15) is 14.4 Å². The van der Waals surface area contributed by atoms with Crippen molar-refractivity contribution in [2.24, 2.45) is 0 Å². The number of anilines is 1. The van der Waals surface area contributed by atoms with Crippen LogP contribution in [0, 0.1) is 6.92 Å². The number of rotatable bonds is 4. The van der Waals surface area contributed by atoms with Gasteiger partial charge in [-0.3, -0.25) is 19.3 Å². The van der Waals surface area contributed by atoms with Gasteiger partial charge in [0.2, 0.25) is 5.91 Å². The lowest BCUT2D eigenvalue weighted by Crippen LogP contribution is -2.45. The van der Waals surface area contributed by atoms with E-state index in [0.29, 0.717) is 17.3 Å². The Morgan fingerprint density at radius 3 is 2.04 bits per heavy atom. The first kappa shape index (κ1) is 20.2. The van der Waals surface area contributed by atoms with Crippen LogP contribution in [0.15, 0.2) is 18.2 Å². The SMILES string of the molecule is Cc1cc(NC(=O)C(C)N2C(=O)c3cc(Cl)c(Cl)cc3C2=O)nc(C(C)C)n1. The summed E-state index contributed by atoms with van der Waals surface area (Å²) in [5.41, 5.74) is 0.949. The Bertz CT molecular complexity index is 966. The van der Waals surface area contributed by atoms with Crippen LogP contribution in [0.2, 0.25) is 10.0 Å². The molecule has 1 aromatic heterocycles. The normalized spacial score (nSPS) is 14.5. The van der Waals surface area contributed by atoms with Gasteiger partial charge in [-0.25, -0.2) is 9.97 Å². The van der Waals surface area contributed by atoms with Crippen LogP contribution < -0.4 is 5.32 Å².